The van der Waals surface area contributed by atoms with Gasteiger partial charge in [-0.05, 0) is 38.3 Å². The third-order valence-electron chi connectivity index (χ3n) is 2.69. The zero-order valence-electron chi connectivity index (χ0n) is 11.1. The van der Waals surface area contributed by atoms with Gasteiger partial charge in [0.15, 0.2) is 0 Å². The van der Waals surface area contributed by atoms with Crippen LogP contribution in [0.2, 0.25) is 0 Å². The highest BCUT2D eigenvalue weighted by molar-refractivity contribution is 5.63. The normalized spacial score (nSPS) is 11.1. The molecular weight excluding hydrogens is 210 g/mol. The van der Waals surface area contributed by atoms with E-state index in [-0.39, 0.29) is 0 Å². The van der Waals surface area contributed by atoms with Gasteiger partial charge in [-0.15, -0.1) is 0 Å². The number of hydrogen-bond donors (Lipinski definition) is 0. The Morgan fingerprint density at radius 2 is 1.94 bits per heavy atom. The molecule has 1 aromatic carbocycles. The minimum atomic E-state index is 0.401. The van der Waals surface area contributed by atoms with E-state index in [2.05, 4.69) is 32.6 Å². The average Bonchev–Trinajstić information content (AvgIpc) is 2.34. The Balaban J connectivity index is 2.47. The van der Waals surface area contributed by atoms with Crippen LogP contribution in [0.1, 0.15) is 32.8 Å². The van der Waals surface area contributed by atoms with E-state index in [4.69, 9.17) is 4.84 Å². The van der Waals surface area contributed by atoms with Crippen LogP contribution in [0.15, 0.2) is 36.9 Å². The molecule has 0 fully saturated rings. The Bertz CT molecular complexity index is 332. The summed E-state index contributed by atoms with van der Waals surface area (Å²) in [5.41, 5.74) is 2.38. The van der Waals surface area contributed by atoms with Crippen LogP contribution < -0.4 is 0 Å². The fourth-order valence-corrected chi connectivity index (χ4v) is 1.70. The summed E-state index contributed by atoms with van der Waals surface area (Å²) in [7, 11) is 0. The van der Waals surface area contributed by atoms with Gasteiger partial charge in [0, 0.05) is 12.6 Å². The molecule has 0 radical (unpaired) electrons. The van der Waals surface area contributed by atoms with Crippen molar-refractivity contribution in [3.8, 4) is 0 Å². The molecule has 0 aliphatic heterocycles. The van der Waals surface area contributed by atoms with Crippen molar-refractivity contribution in [2.45, 2.75) is 33.2 Å². The van der Waals surface area contributed by atoms with E-state index in [1.54, 1.807) is 0 Å². The second-order valence-electron chi connectivity index (χ2n) is 4.37. The van der Waals surface area contributed by atoms with Crippen LogP contribution in [0.4, 0.5) is 0 Å². The van der Waals surface area contributed by atoms with Crippen LogP contribution >= 0.6 is 0 Å². The van der Waals surface area contributed by atoms with E-state index < -0.39 is 0 Å². The summed E-state index contributed by atoms with van der Waals surface area (Å²) in [5.74, 6) is 0. The number of hydroxylamine groups is 2. The lowest BCUT2D eigenvalue weighted by Crippen LogP contribution is -2.32. The van der Waals surface area contributed by atoms with E-state index in [1.165, 1.54) is 5.56 Å². The molecule has 0 aromatic heterocycles. The van der Waals surface area contributed by atoms with E-state index in [0.29, 0.717) is 6.04 Å². The Hall–Kier alpha value is -1.12. The largest absolute Gasteiger partial charge is 0.299 e. The molecule has 0 aliphatic carbocycles. The molecule has 1 rings (SSSR count). The third-order valence-corrected chi connectivity index (χ3v) is 2.69. The Kier molecular flexibility index (Phi) is 5.95. The van der Waals surface area contributed by atoms with Gasteiger partial charge in [-0.25, -0.2) is 0 Å². The van der Waals surface area contributed by atoms with Gasteiger partial charge in [0.1, 0.15) is 0 Å². The lowest BCUT2D eigenvalue weighted by Gasteiger charge is -2.25. The maximum Gasteiger partial charge on any atom is 0.0657 e. The number of nitrogens with zero attached hydrogens (tertiary/aromatic N) is 1. The van der Waals surface area contributed by atoms with Crippen molar-refractivity contribution in [3.05, 3.63) is 42.5 Å². The second-order valence-corrected chi connectivity index (χ2v) is 4.37. The van der Waals surface area contributed by atoms with Crippen LogP contribution in [-0.4, -0.2) is 24.3 Å². The van der Waals surface area contributed by atoms with Crippen molar-refractivity contribution in [2.24, 2.45) is 0 Å². The molecule has 17 heavy (non-hydrogen) atoms. The van der Waals surface area contributed by atoms with Gasteiger partial charge < -0.3 is 0 Å². The zero-order valence-corrected chi connectivity index (χ0v) is 11.1. The lowest BCUT2D eigenvalue weighted by atomic mass is 10.0. The molecule has 0 unspecified atom stereocenters. The van der Waals surface area contributed by atoms with Crippen molar-refractivity contribution >= 4 is 5.57 Å². The molecule has 0 saturated heterocycles. The Morgan fingerprint density at radius 1 is 1.29 bits per heavy atom. The van der Waals surface area contributed by atoms with Gasteiger partial charge in [0.25, 0.3) is 0 Å². The highest BCUT2D eigenvalue weighted by Crippen LogP contribution is 2.16. The van der Waals surface area contributed by atoms with Gasteiger partial charge >= 0.3 is 0 Å². The van der Waals surface area contributed by atoms with Crippen LogP contribution in [0, 0.1) is 0 Å². The Labute approximate surface area is 105 Å². The fraction of sp³-hybridized carbons (Fsp3) is 0.467. The van der Waals surface area contributed by atoms with Gasteiger partial charge in [0.2, 0.25) is 0 Å². The lowest BCUT2D eigenvalue weighted by molar-refractivity contribution is -0.173. The molecule has 0 spiro atoms. The summed E-state index contributed by atoms with van der Waals surface area (Å²) in [4.78, 5) is 5.58. The molecule has 0 aliphatic rings. The molecule has 2 heteroatoms. The molecule has 2 nitrogen and oxygen atoms in total. The van der Waals surface area contributed by atoms with Gasteiger partial charge in [-0.1, -0.05) is 36.9 Å². The summed E-state index contributed by atoms with van der Waals surface area (Å²) in [6.07, 6.45) is 0.933. The summed E-state index contributed by atoms with van der Waals surface area (Å²) < 4.78 is 0. The van der Waals surface area contributed by atoms with Crippen molar-refractivity contribution in [3.63, 3.8) is 0 Å². The molecule has 1 aromatic rings. The van der Waals surface area contributed by atoms with E-state index in [9.17, 15) is 0 Å². The van der Waals surface area contributed by atoms with Crippen molar-refractivity contribution in [1.82, 2.24) is 5.06 Å². The number of rotatable bonds is 7. The topological polar surface area (TPSA) is 12.5 Å². The summed E-state index contributed by atoms with van der Waals surface area (Å²) in [5, 5.41) is 2.02. The van der Waals surface area contributed by atoms with Gasteiger partial charge in [0.05, 0.1) is 6.61 Å². The molecule has 0 atom stereocenters. The fourth-order valence-electron chi connectivity index (χ4n) is 1.70. The SMILES string of the molecule is C=C(CCN(OCC)C(C)C)c1ccccc1. The molecule has 0 heterocycles. The van der Waals surface area contributed by atoms with Crippen LogP contribution in [0.3, 0.4) is 0 Å². The maximum absolute atomic E-state index is 5.58. The molecule has 0 bridgehead atoms. The van der Waals surface area contributed by atoms with Crippen molar-refractivity contribution in [1.29, 1.82) is 0 Å². The van der Waals surface area contributed by atoms with E-state index in [0.717, 1.165) is 25.1 Å². The van der Waals surface area contributed by atoms with Crippen LogP contribution in [-0.2, 0) is 4.84 Å². The molecule has 0 amide bonds. The summed E-state index contributed by atoms with van der Waals surface area (Å²) in [6.45, 7) is 12.0. The average molecular weight is 233 g/mol. The van der Waals surface area contributed by atoms with E-state index >= 15 is 0 Å². The standard InChI is InChI=1S/C15H23NO/c1-5-17-16(13(2)3)12-11-14(4)15-9-7-6-8-10-15/h6-10,13H,4-5,11-12H2,1-3H3. The minimum absolute atomic E-state index is 0.401. The molecule has 0 N–H and O–H groups in total. The maximum atomic E-state index is 5.58. The van der Waals surface area contributed by atoms with Crippen molar-refractivity contribution < 1.29 is 4.84 Å². The van der Waals surface area contributed by atoms with Crippen LogP contribution in [0.5, 0.6) is 0 Å². The highest BCUT2D eigenvalue weighted by atomic mass is 16.7. The first-order valence-corrected chi connectivity index (χ1v) is 6.28. The predicted molar refractivity (Wildman–Crippen MR) is 73.6 cm³/mol. The first-order chi connectivity index (χ1) is 8.15. The first kappa shape index (κ1) is 13.9. The van der Waals surface area contributed by atoms with Crippen LogP contribution in [0.25, 0.3) is 5.57 Å². The monoisotopic (exact) mass is 233 g/mol. The summed E-state index contributed by atoms with van der Waals surface area (Å²) in [6, 6.07) is 10.7. The zero-order chi connectivity index (χ0) is 12.7. The minimum Gasteiger partial charge on any atom is -0.299 e. The van der Waals surface area contributed by atoms with Gasteiger partial charge in [-0.2, -0.15) is 5.06 Å². The van der Waals surface area contributed by atoms with Crippen molar-refractivity contribution in [2.75, 3.05) is 13.2 Å². The quantitative estimate of drug-likeness (QED) is 0.665. The first-order valence-electron chi connectivity index (χ1n) is 6.28. The number of benzene rings is 1. The summed E-state index contributed by atoms with van der Waals surface area (Å²) >= 11 is 0. The third kappa shape index (κ3) is 4.72. The predicted octanol–water partition coefficient (Wildman–Crippen LogP) is 3.75. The molecule has 94 valence electrons. The van der Waals surface area contributed by atoms with Gasteiger partial charge in [-0.3, -0.25) is 4.84 Å². The molecular formula is C15H23NO. The smallest absolute Gasteiger partial charge is 0.0657 e. The Morgan fingerprint density at radius 3 is 2.47 bits per heavy atom. The molecule has 0 saturated carbocycles. The van der Waals surface area contributed by atoms with E-state index in [1.807, 2.05) is 30.2 Å². The second kappa shape index (κ2) is 7.25. The highest BCUT2D eigenvalue weighted by Gasteiger charge is 2.09. The number of hydrogen-bond acceptors (Lipinski definition) is 2.